The molecule has 0 aliphatic rings. The van der Waals surface area contributed by atoms with Crippen LogP contribution < -0.4 is 0 Å². The average Bonchev–Trinajstić information content (AvgIpc) is 1.81. The zero-order valence-electron chi connectivity index (χ0n) is 10.3. The largest absolute Gasteiger partial charge is 0.478 e. The molecule has 0 aromatic rings. The highest BCUT2D eigenvalue weighted by Crippen LogP contribution is 2.23. The fourth-order valence-corrected chi connectivity index (χ4v) is 1.22. The van der Waals surface area contributed by atoms with Gasteiger partial charge in [0.1, 0.15) is 0 Å². The third-order valence-electron chi connectivity index (χ3n) is 1.39. The van der Waals surface area contributed by atoms with Crippen LogP contribution in [0.2, 0.25) is 0 Å². The molecule has 14 heavy (non-hydrogen) atoms. The second kappa shape index (κ2) is 6.63. The minimum absolute atomic E-state index is 0.176. The molecule has 0 aliphatic carbocycles. The smallest absolute Gasteiger partial charge is 0.330 e. The molecule has 2 nitrogen and oxygen atoms in total. The van der Waals surface area contributed by atoms with Gasteiger partial charge in [-0.2, -0.15) is 0 Å². The Hall–Kier alpha value is -0.790. The SMILES string of the molecule is C=C(C)C(=O)O.CC(C)CC(C)(C)C. The highest BCUT2D eigenvalue weighted by atomic mass is 16.4. The van der Waals surface area contributed by atoms with E-state index in [1.165, 1.54) is 13.3 Å². The van der Waals surface area contributed by atoms with Gasteiger partial charge in [0.25, 0.3) is 0 Å². The van der Waals surface area contributed by atoms with E-state index in [0.29, 0.717) is 5.41 Å². The summed E-state index contributed by atoms with van der Waals surface area (Å²) in [6, 6.07) is 0. The van der Waals surface area contributed by atoms with Crippen LogP contribution in [-0.4, -0.2) is 11.1 Å². The standard InChI is InChI=1S/C8H18.C4H6O2/c1-7(2)6-8(3,4)5;1-3(2)4(5)6/h7H,6H2,1-5H3;1H2,2H3,(H,5,6). The highest BCUT2D eigenvalue weighted by molar-refractivity contribution is 5.84. The van der Waals surface area contributed by atoms with E-state index in [0.717, 1.165) is 5.92 Å². The van der Waals surface area contributed by atoms with Crippen LogP contribution in [-0.2, 0) is 4.79 Å². The molecular formula is C12H24O2. The number of carboxylic acids is 1. The molecule has 0 bridgehead atoms. The van der Waals surface area contributed by atoms with Gasteiger partial charge in [0.15, 0.2) is 0 Å². The first kappa shape index (κ1) is 15.7. The van der Waals surface area contributed by atoms with Crippen LogP contribution in [0.3, 0.4) is 0 Å². The maximum Gasteiger partial charge on any atom is 0.330 e. The van der Waals surface area contributed by atoms with Gasteiger partial charge in [0, 0.05) is 5.57 Å². The average molecular weight is 200 g/mol. The number of aliphatic carboxylic acids is 1. The molecule has 0 spiro atoms. The summed E-state index contributed by atoms with van der Waals surface area (Å²) in [5, 5.41) is 7.89. The van der Waals surface area contributed by atoms with Gasteiger partial charge in [0.05, 0.1) is 0 Å². The molecule has 2 heteroatoms. The molecule has 0 heterocycles. The predicted molar refractivity (Wildman–Crippen MR) is 61.4 cm³/mol. The third kappa shape index (κ3) is 17.3. The lowest BCUT2D eigenvalue weighted by molar-refractivity contribution is -0.132. The van der Waals surface area contributed by atoms with E-state index in [-0.39, 0.29) is 5.57 Å². The topological polar surface area (TPSA) is 37.3 Å². The van der Waals surface area contributed by atoms with Crippen molar-refractivity contribution < 1.29 is 9.90 Å². The number of carboxylic acid groups (broad SMARTS) is 1. The van der Waals surface area contributed by atoms with Crippen LogP contribution in [0.25, 0.3) is 0 Å². The van der Waals surface area contributed by atoms with Gasteiger partial charge in [-0.25, -0.2) is 4.79 Å². The molecule has 0 fully saturated rings. The monoisotopic (exact) mass is 200 g/mol. The van der Waals surface area contributed by atoms with Gasteiger partial charge < -0.3 is 5.11 Å². The Morgan fingerprint density at radius 3 is 1.64 bits per heavy atom. The Morgan fingerprint density at radius 2 is 1.64 bits per heavy atom. The lowest BCUT2D eigenvalue weighted by Gasteiger charge is -2.19. The van der Waals surface area contributed by atoms with Crippen molar-refractivity contribution in [1.82, 2.24) is 0 Å². The lowest BCUT2D eigenvalue weighted by atomic mass is 9.86. The van der Waals surface area contributed by atoms with Gasteiger partial charge in [-0.1, -0.05) is 41.2 Å². The Labute approximate surface area is 88.0 Å². The minimum Gasteiger partial charge on any atom is -0.478 e. The van der Waals surface area contributed by atoms with E-state index in [1.807, 2.05) is 0 Å². The van der Waals surface area contributed by atoms with Crippen molar-refractivity contribution in [2.75, 3.05) is 0 Å². The number of rotatable bonds is 2. The Kier molecular flexibility index (Phi) is 7.42. The van der Waals surface area contributed by atoms with Crippen molar-refractivity contribution in [2.24, 2.45) is 11.3 Å². The molecule has 0 unspecified atom stereocenters. The summed E-state index contributed by atoms with van der Waals surface area (Å²) in [6.07, 6.45) is 1.33. The van der Waals surface area contributed by atoms with Gasteiger partial charge in [-0.15, -0.1) is 0 Å². The fourth-order valence-electron chi connectivity index (χ4n) is 1.22. The second-order valence-electron chi connectivity index (χ2n) is 5.24. The maximum absolute atomic E-state index is 9.60. The maximum atomic E-state index is 9.60. The van der Waals surface area contributed by atoms with E-state index in [9.17, 15) is 4.79 Å². The van der Waals surface area contributed by atoms with Crippen LogP contribution in [0, 0.1) is 11.3 Å². The van der Waals surface area contributed by atoms with Crippen molar-refractivity contribution in [3.63, 3.8) is 0 Å². The summed E-state index contributed by atoms with van der Waals surface area (Å²) in [5.41, 5.74) is 0.698. The number of hydrogen-bond donors (Lipinski definition) is 1. The summed E-state index contributed by atoms with van der Waals surface area (Å²) in [5.74, 6) is -0.0926. The van der Waals surface area contributed by atoms with Gasteiger partial charge in [-0.05, 0) is 24.7 Å². The second-order valence-corrected chi connectivity index (χ2v) is 5.24. The molecule has 0 saturated heterocycles. The highest BCUT2D eigenvalue weighted by Gasteiger charge is 2.11. The van der Waals surface area contributed by atoms with Crippen molar-refractivity contribution >= 4 is 5.97 Å². The summed E-state index contributed by atoms with van der Waals surface area (Å²) in [6.45, 7) is 16.0. The van der Waals surface area contributed by atoms with Gasteiger partial charge in [-0.3, -0.25) is 0 Å². The molecule has 0 atom stereocenters. The molecule has 0 aromatic heterocycles. The Bertz CT molecular complexity index is 173. The van der Waals surface area contributed by atoms with Crippen molar-refractivity contribution in [1.29, 1.82) is 0 Å². The van der Waals surface area contributed by atoms with Crippen LogP contribution in [0.5, 0.6) is 0 Å². The zero-order chi connectivity index (χ0) is 11.9. The summed E-state index contributed by atoms with van der Waals surface area (Å²) < 4.78 is 0. The summed E-state index contributed by atoms with van der Waals surface area (Å²) in [7, 11) is 0. The van der Waals surface area contributed by atoms with E-state index < -0.39 is 5.97 Å². The molecule has 1 N–H and O–H groups in total. The number of carbonyl (C=O) groups is 1. The minimum atomic E-state index is -0.935. The lowest BCUT2D eigenvalue weighted by Crippen LogP contribution is -2.08. The Balaban J connectivity index is 0. The van der Waals surface area contributed by atoms with E-state index in [2.05, 4.69) is 41.2 Å². The predicted octanol–water partition coefficient (Wildman–Crippen LogP) is 3.73. The normalized spacial score (nSPS) is 10.5. The fraction of sp³-hybridized carbons (Fsp3) is 0.750. The van der Waals surface area contributed by atoms with Gasteiger partial charge >= 0.3 is 5.97 Å². The first-order chi connectivity index (χ1) is 6.06. The van der Waals surface area contributed by atoms with Crippen molar-refractivity contribution in [3.05, 3.63) is 12.2 Å². The van der Waals surface area contributed by atoms with E-state index in [4.69, 9.17) is 5.11 Å². The van der Waals surface area contributed by atoms with Crippen LogP contribution >= 0.6 is 0 Å². The first-order valence-electron chi connectivity index (χ1n) is 4.95. The molecule has 84 valence electrons. The first-order valence-corrected chi connectivity index (χ1v) is 4.95. The zero-order valence-corrected chi connectivity index (χ0v) is 10.3. The summed E-state index contributed by atoms with van der Waals surface area (Å²) in [4.78, 5) is 9.60. The van der Waals surface area contributed by atoms with Crippen LogP contribution in [0.4, 0.5) is 0 Å². The summed E-state index contributed by atoms with van der Waals surface area (Å²) >= 11 is 0. The Morgan fingerprint density at radius 1 is 1.36 bits per heavy atom. The van der Waals surface area contributed by atoms with E-state index >= 15 is 0 Å². The van der Waals surface area contributed by atoms with Crippen LogP contribution in [0.1, 0.15) is 48.0 Å². The van der Waals surface area contributed by atoms with Crippen molar-refractivity contribution in [2.45, 2.75) is 48.0 Å². The molecule has 0 amide bonds. The van der Waals surface area contributed by atoms with Crippen molar-refractivity contribution in [3.8, 4) is 0 Å². The molecule has 0 saturated carbocycles. The third-order valence-corrected chi connectivity index (χ3v) is 1.39. The molecular weight excluding hydrogens is 176 g/mol. The van der Waals surface area contributed by atoms with E-state index in [1.54, 1.807) is 0 Å². The quantitative estimate of drug-likeness (QED) is 0.690. The molecule has 0 aliphatic heterocycles. The molecule has 0 aromatic carbocycles. The number of hydrogen-bond acceptors (Lipinski definition) is 1. The molecule has 0 radical (unpaired) electrons. The van der Waals surface area contributed by atoms with Gasteiger partial charge in [0.2, 0.25) is 0 Å². The molecule has 0 rings (SSSR count). The van der Waals surface area contributed by atoms with Crippen LogP contribution in [0.15, 0.2) is 12.2 Å².